The van der Waals surface area contributed by atoms with Gasteiger partial charge in [0.1, 0.15) is 0 Å². The number of hydrogen-bond acceptors (Lipinski definition) is 4. The summed E-state index contributed by atoms with van der Waals surface area (Å²) in [6, 6.07) is 14.3. The number of sulfone groups is 1. The Bertz CT molecular complexity index is 760. The predicted octanol–water partition coefficient (Wildman–Crippen LogP) is 2.75. The van der Waals surface area contributed by atoms with Crippen molar-refractivity contribution in [2.75, 3.05) is 12.9 Å². The van der Waals surface area contributed by atoms with Crippen molar-refractivity contribution in [1.82, 2.24) is 0 Å². The molecule has 118 valence electrons. The fraction of sp³-hybridized carbons (Fsp3) is 0.353. The molecule has 0 aliphatic rings. The number of ether oxygens (including phenoxy) is 1. The molecular weight excluding hydrogens is 300 g/mol. The zero-order valence-electron chi connectivity index (χ0n) is 12.8. The minimum atomic E-state index is -3.39. The van der Waals surface area contributed by atoms with Crippen molar-refractivity contribution in [2.45, 2.75) is 25.0 Å². The van der Waals surface area contributed by atoms with Gasteiger partial charge in [-0.15, -0.1) is 0 Å². The van der Waals surface area contributed by atoms with Crippen LogP contribution in [0.25, 0.3) is 10.8 Å². The summed E-state index contributed by atoms with van der Waals surface area (Å²) in [6.45, 7) is 1.57. The van der Waals surface area contributed by atoms with Gasteiger partial charge in [-0.25, -0.2) is 8.42 Å². The van der Waals surface area contributed by atoms with Crippen LogP contribution in [0.2, 0.25) is 0 Å². The van der Waals surface area contributed by atoms with Gasteiger partial charge >= 0.3 is 5.97 Å². The Morgan fingerprint density at radius 1 is 1.14 bits per heavy atom. The highest BCUT2D eigenvalue weighted by atomic mass is 32.2. The first-order valence-corrected chi connectivity index (χ1v) is 9.17. The van der Waals surface area contributed by atoms with Gasteiger partial charge < -0.3 is 4.74 Å². The number of carbonyl (C=O) groups is 1. The third kappa shape index (κ3) is 4.07. The number of rotatable bonds is 6. The SMILES string of the molecule is CC(C(=O)OCCCc1cccc2ccccc12)S(C)(=O)=O. The Kier molecular flexibility index (Phi) is 5.19. The zero-order chi connectivity index (χ0) is 16.2. The molecule has 0 radical (unpaired) electrons. The number of hydrogen-bond donors (Lipinski definition) is 0. The molecule has 0 aliphatic heterocycles. The van der Waals surface area contributed by atoms with E-state index >= 15 is 0 Å². The van der Waals surface area contributed by atoms with E-state index in [-0.39, 0.29) is 6.61 Å². The third-order valence-corrected chi connectivity index (χ3v) is 5.17. The fourth-order valence-corrected chi connectivity index (χ4v) is 2.66. The van der Waals surface area contributed by atoms with Crippen molar-refractivity contribution in [3.63, 3.8) is 0 Å². The molecule has 0 bridgehead atoms. The summed E-state index contributed by atoms with van der Waals surface area (Å²) in [5, 5.41) is 1.27. The maximum atomic E-state index is 11.6. The molecule has 22 heavy (non-hydrogen) atoms. The van der Waals surface area contributed by atoms with E-state index in [1.54, 1.807) is 0 Å². The molecule has 0 fully saturated rings. The van der Waals surface area contributed by atoms with Crippen LogP contribution in [0.15, 0.2) is 42.5 Å². The normalized spacial score (nSPS) is 13.0. The first-order chi connectivity index (χ1) is 10.4. The van der Waals surface area contributed by atoms with Crippen LogP contribution >= 0.6 is 0 Å². The molecule has 0 amide bonds. The van der Waals surface area contributed by atoms with Crippen molar-refractivity contribution in [1.29, 1.82) is 0 Å². The van der Waals surface area contributed by atoms with Gasteiger partial charge in [0.05, 0.1) is 6.61 Å². The predicted molar refractivity (Wildman–Crippen MR) is 87.5 cm³/mol. The summed E-state index contributed by atoms with van der Waals surface area (Å²) in [7, 11) is -3.39. The van der Waals surface area contributed by atoms with Crippen molar-refractivity contribution < 1.29 is 17.9 Å². The third-order valence-electron chi connectivity index (χ3n) is 3.69. The largest absolute Gasteiger partial charge is 0.465 e. The lowest BCUT2D eigenvalue weighted by Gasteiger charge is -2.10. The summed E-state index contributed by atoms with van der Waals surface area (Å²) in [5.41, 5.74) is 1.20. The van der Waals surface area contributed by atoms with Gasteiger partial charge in [-0.05, 0) is 36.1 Å². The first kappa shape index (κ1) is 16.5. The average molecular weight is 320 g/mol. The molecule has 2 aromatic rings. The van der Waals surface area contributed by atoms with Crippen molar-refractivity contribution in [3.05, 3.63) is 48.0 Å². The highest BCUT2D eigenvalue weighted by Gasteiger charge is 2.24. The van der Waals surface area contributed by atoms with Gasteiger partial charge in [-0.2, -0.15) is 0 Å². The quantitative estimate of drug-likeness (QED) is 0.606. The Hall–Kier alpha value is -1.88. The van der Waals surface area contributed by atoms with E-state index in [9.17, 15) is 13.2 Å². The maximum Gasteiger partial charge on any atom is 0.324 e. The highest BCUT2D eigenvalue weighted by Crippen LogP contribution is 2.19. The van der Waals surface area contributed by atoms with Gasteiger partial charge in [-0.3, -0.25) is 4.79 Å². The van der Waals surface area contributed by atoms with E-state index in [0.717, 1.165) is 12.7 Å². The van der Waals surface area contributed by atoms with Gasteiger partial charge in [-0.1, -0.05) is 42.5 Å². The van der Waals surface area contributed by atoms with Gasteiger partial charge in [0.2, 0.25) is 0 Å². The van der Waals surface area contributed by atoms with Crippen LogP contribution in [0, 0.1) is 0 Å². The molecule has 1 atom stereocenters. The molecule has 0 N–H and O–H groups in total. The molecule has 2 rings (SSSR count). The van der Waals surface area contributed by atoms with Crippen LogP contribution in [0.1, 0.15) is 18.9 Å². The molecule has 2 aromatic carbocycles. The Balaban J connectivity index is 1.90. The zero-order valence-corrected chi connectivity index (χ0v) is 13.6. The number of aryl methyl sites for hydroxylation is 1. The van der Waals surface area contributed by atoms with Crippen molar-refractivity contribution in [3.8, 4) is 0 Å². The fourth-order valence-electron chi connectivity index (χ4n) is 2.24. The van der Waals surface area contributed by atoms with Gasteiger partial charge in [0.15, 0.2) is 15.1 Å². The smallest absolute Gasteiger partial charge is 0.324 e. The van der Waals surface area contributed by atoms with Crippen LogP contribution < -0.4 is 0 Å². The van der Waals surface area contributed by atoms with Crippen LogP contribution in [-0.2, 0) is 25.8 Å². The summed E-state index contributed by atoms with van der Waals surface area (Å²) in [6.07, 6.45) is 2.48. The number of fused-ring (bicyclic) bond motifs is 1. The molecule has 0 heterocycles. The monoisotopic (exact) mass is 320 g/mol. The van der Waals surface area contributed by atoms with Crippen LogP contribution in [0.4, 0.5) is 0 Å². The maximum absolute atomic E-state index is 11.6. The van der Waals surface area contributed by atoms with Crippen LogP contribution in [0.5, 0.6) is 0 Å². The van der Waals surface area contributed by atoms with Crippen molar-refractivity contribution in [2.24, 2.45) is 0 Å². The van der Waals surface area contributed by atoms with Gasteiger partial charge in [0, 0.05) is 6.26 Å². The second-order valence-corrected chi connectivity index (χ2v) is 7.75. The molecule has 0 aliphatic carbocycles. The molecular formula is C17H20O4S. The number of esters is 1. The molecule has 0 saturated carbocycles. The molecule has 5 heteroatoms. The number of benzene rings is 2. The first-order valence-electron chi connectivity index (χ1n) is 7.22. The average Bonchev–Trinajstić information content (AvgIpc) is 2.49. The minimum absolute atomic E-state index is 0.224. The lowest BCUT2D eigenvalue weighted by Crippen LogP contribution is -2.28. The minimum Gasteiger partial charge on any atom is -0.465 e. The number of carbonyl (C=O) groups excluding carboxylic acids is 1. The molecule has 1 unspecified atom stereocenters. The lowest BCUT2D eigenvalue weighted by molar-refractivity contribution is -0.142. The second kappa shape index (κ2) is 6.92. The summed E-state index contributed by atoms with van der Waals surface area (Å²) >= 11 is 0. The van der Waals surface area contributed by atoms with E-state index < -0.39 is 21.1 Å². The topological polar surface area (TPSA) is 60.4 Å². The van der Waals surface area contributed by atoms with E-state index in [2.05, 4.69) is 24.3 Å². The van der Waals surface area contributed by atoms with E-state index in [4.69, 9.17) is 4.74 Å². The van der Waals surface area contributed by atoms with Crippen LogP contribution in [0.3, 0.4) is 0 Å². The standard InChI is InChI=1S/C17H20O4S/c1-13(22(2,19)20)17(18)21-12-6-10-15-9-5-8-14-7-3-4-11-16(14)15/h3-5,7-9,11,13H,6,10,12H2,1-2H3. The molecule has 0 saturated heterocycles. The van der Waals surface area contributed by atoms with Crippen LogP contribution in [-0.4, -0.2) is 32.5 Å². The Morgan fingerprint density at radius 3 is 2.55 bits per heavy atom. The summed E-state index contributed by atoms with van der Waals surface area (Å²) in [5.74, 6) is -0.680. The van der Waals surface area contributed by atoms with E-state index in [1.165, 1.54) is 23.3 Å². The summed E-state index contributed by atoms with van der Waals surface area (Å²) in [4.78, 5) is 11.6. The Morgan fingerprint density at radius 2 is 1.82 bits per heavy atom. The molecule has 4 nitrogen and oxygen atoms in total. The highest BCUT2D eigenvalue weighted by molar-refractivity contribution is 7.92. The Labute approximate surface area is 131 Å². The van der Waals surface area contributed by atoms with Crippen molar-refractivity contribution >= 4 is 26.6 Å². The summed E-state index contributed by atoms with van der Waals surface area (Å²) < 4.78 is 27.6. The second-order valence-electron chi connectivity index (χ2n) is 5.38. The molecule has 0 aromatic heterocycles. The van der Waals surface area contributed by atoms with E-state index in [0.29, 0.717) is 6.42 Å². The van der Waals surface area contributed by atoms with E-state index in [1.807, 2.05) is 18.2 Å². The molecule has 0 spiro atoms. The van der Waals surface area contributed by atoms with Gasteiger partial charge in [0.25, 0.3) is 0 Å². The lowest BCUT2D eigenvalue weighted by atomic mass is 10.0.